The molecule has 18 heavy (non-hydrogen) atoms. The van der Waals surface area contributed by atoms with Crippen LogP contribution in [0.2, 0.25) is 0 Å². The molecule has 1 saturated heterocycles. The summed E-state index contributed by atoms with van der Waals surface area (Å²) in [5.41, 5.74) is 0.727. The van der Waals surface area contributed by atoms with Crippen LogP contribution in [0.1, 0.15) is 18.9 Å². The molecule has 4 nitrogen and oxygen atoms in total. The number of benzene rings is 1. The van der Waals surface area contributed by atoms with Crippen LogP contribution in [0.4, 0.5) is 0 Å². The van der Waals surface area contributed by atoms with Gasteiger partial charge in [-0.3, -0.25) is 4.79 Å². The van der Waals surface area contributed by atoms with Crippen LogP contribution >= 0.6 is 0 Å². The lowest BCUT2D eigenvalue weighted by Gasteiger charge is -2.41. The second-order valence-electron chi connectivity index (χ2n) is 4.46. The maximum absolute atomic E-state index is 11.7. The Bertz CT molecular complexity index is 424. The second-order valence-corrected chi connectivity index (χ2v) is 4.46. The molecule has 1 aromatic rings. The average Bonchev–Trinajstić information content (AvgIpc) is 2.34. The van der Waals surface area contributed by atoms with Crippen molar-refractivity contribution in [2.24, 2.45) is 0 Å². The largest absolute Gasteiger partial charge is 0.496 e. The minimum absolute atomic E-state index is 0.188. The van der Waals surface area contributed by atoms with E-state index in [0.29, 0.717) is 26.2 Å². The molecule has 0 bridgehead atoms. The van der Waals surface area contributed by atoms with Gasteiger partial charge in [0.15, 0.2) is 0 Å². The summed E-state index contributed by atoms with van der Waals surface area (Å²) >= 11 is 0. The summed E-state index contributed by atoms with van der Waals surface area (Å²) in [6, 6.07) is 7.75. The molecule has 0 amide bonds. The van der Waals surface area contributed by atoms with Crippen LogP contribution in [0, 0.1) is 0 Å². The summed E-state index contributed by atoms with van der Waals surface area (Å²) in [6.07, 6.45) is 0.335. The predicted octanol–water partition coefficient (Wildman–Crippen LogP) is 1.92. The third kappa shape index (κ3) is 2.34. The van der Waals surface area contributed by atoms with Crippen LogP contribution in [0.25, 0.3) is 0 Å². The van der Waals surface area contributed by atoms with E-state index in [0.717, 1.165) is 11.3 Å². The van der Waals surface area contributed by atoms with Crippen molar-refractivity contribution >= 4 is 5.97 Å². The van der Waals surface area contributed by atoms with E-state index in [1.54, 1.807) is 7.11 Å². The highest BCUT2D eigenvalue weighted by Gasteiger charge is 2.44. The molecule has 0 spiro atoms. The van der Waals surface area contributed by atoms with Crippen molar-refractivity contribution in [3.8, 4) is 5.75 Å². The van der Waals surface area contributed by atoms with Crippen molar-refractivity contribution in [3.05, 3.63) is 29.8 Å². The molecule has 0 aromatic heterocycles. The number of para-hydroxylation sites is 1. The van der Waals surface area contributed by atoms with Crippen LogP contribution < -0.4 is 4.74 Å². The normalized spacial score (nSPS) is 16.8. The highest BCUT2D eigenvalue weighted by molar-refractivity contribution is 5.72. The van der Waals surface area contributed by atoms with E-state index in [1.165, 1.54) is 0 Å². The zero-order chi connectivity index (χ0) is 13.0. The Hall–Kier alpha value is -1.55. The lowest BCUT2D eigenvalue weighted by Crippen LogP contribution is -2.48. The second kappa shape index (κ2) is 5.40. The van der Waals surface area contributed by atoms with Gasteiger partial charge in [0.1, 0.15) is 5.75 Å². The molecular weight excluding hydrogens is 232 g/mol. The lowest BCUT2D eigenvalue weighted by atomic mass is 9.75. The van der Waals surface area contributed by atoms with E-state index < -0.39 is 0 Å². The van der Waals surface area contributed by atoms with E-state index in [9.17, 15) is 4.79 Å². The van der Waals surface area contributed by atoms with Crippen LogP contribution in [0.15, 0.2) is 24.3 Å². The Balaban J connectivity index is 2.24. The van der Waals surface area contributed by atoms with E-state index in [-0.39, 0.29) is 11.4 Å². The Morgan fingerprint density at radius 3 is 2.67 bits per heavy atom. The summed E-state index contributed by atoms with van der Waals surface area (Å²) in [5.74, 6) is 0.608. The third-order valence-corrected chi connectivity index (χ3v) is 3.22. The topological polar surface area (TPSA) is 44.8 Å². The Morgan fingerprint density at radius 2 is 2.11 bits per heavy atom. The molecule has 1 aliphatic rings. The monoisotopic (exact) mass is 250 g/mol. The number of ether oxygens (including phenoxy) is 3. The van der Waals surface area contributed by atoms with Gasteiger partial charge in [0, 0.05) is 5.56 Å². The van der Waals surface area contributed by atoms with E-state index in [2.05, 4.69) is 0 Å². The maximum atomic E-state index is 11.7. The zero-order valence-electron chi connectivity index (χ0n) is 10.8. The fourth-order valence-corrected chi connectivity index (χ4v) is 2.27. The number of esters is 1. The van der Waals surface area contributed by atoms with Crippen LogP contribution in [0.3, 0.4) is 0 Å². The van der Waals surface area contributed by atoms with Crippen molar-refractivity contribution in [3.63, 3.8) is 0 Å². The zero-order valence-corrected chi connectivity index (χ0v) is 10.8. The van der Waals surface area contributed by atoms with Gasteiger partial charge in [-0.25, -0.2) is 0 Å². The number of hydrogen-bond acceptors (Lipinski definition) is 4. The fourth-order valence-electron chi connectivity index (χ4n) is 2.27. The molecule has 1 aromatic carbocycles. The smallest absolute Gasteiger partial charge is 0.306 e. The van der Waals surface area contributed by atoms with Gasteiger partial charge in [-0.05, 0) is 13.0 Å². The van der Waals surface area contributed by atoms with Crippen LogP contribution in [-0.4, -0.2) is 32.9 Å². The summed E-state index contributed by atoms with van der Waals surface area (Å²) in [6.45, 7) is 3.28. The molecule has 1 heterocycles. The van der Waals surface area contributed by atoms with Crippen molar-refractivity contribution in [1.29, 1.82) is 0 Å². The molecule has 0 N–H and O–H groups in total. The molecule has 1 aliphatic heterocycles. The van der Waals surface area contributed by atoms with Crippen molar-refractivity contribution < 1.29 is 19.0 Å². The van der Waals surface area contributed by atoms with Gasteiger partial charge in [0.25, 0.3) is 0 Å². The predicted molar refractivity (Wildman–Crippen MR) is 66.7 cm³/mol. The Labute approximate surface area is 107 Å². The van der Waals surface area contributed by atoms with Gasteiger partial charge in [-0.2, -0.15) is 0 Å². The highest BCUT2D eigenvalue weighted by Crippen LogP contribution is 2.40. The number of methoxy groups -OCH3 is 1. The van der Waals surface area contributed by atoms with Crippen molar-refractivity contribution in [2.75, 3.05) is 26.9 Å². The van der Waals surface area contributed by atoms with Crippen molar-refractivity contribution in [1.82, 2.24) is 0 Å². The number of carbonyl (C=O) groups excluding carboxylic acids is 1. The van der Waals surface area contributed by atoms with Gasteiger partial charge >= 0.3 is 5.97 Å². The van der Waals surface area contributed by atoms with Gasteiger partial charge in [-0.15, -0.1) is 0 Å². The molecule has 0 unspecified atom stereocenters. The first-order valence-corrected chi connectivity index (χ1v) is 6.09. The minimum atomic E-state index is -0.293. The average molecular weight is 250 g/mol. The highest BCUT2D eigenvalue weighted by atomic mass is 16.5. The number of carbonyl (C=O) groups is 1. The molecule has 0 aliphatic carbocycles. The van der Waals surface area contributed by atoms with E-state index >= 15 is 0 Å². The standard InChI is InChI=1S/C14H18O4/c1-3-18-13(15)8-14(9-17-10-14)11-6-4-5-7-12(11)16-2/h4-7H,3,8-10H2,1-2H3. The van der Waals surface area contributed by atoms with Crippen molar-refractivity contribution in [2.45, 2.75) is 18.8 Å². The van der Waals surface area contributed by atoms with Gasteiger partial charge in [-0.1, -0.05) is 18.2 Å². The summed E-state index contributed by atoms with van der Waals surface area (Å²) in [7, 11) is 1.64. The van der Waals surface area contributed by atoms with Gasteiger partial charge < -0.3 is 14.2 Å². The lowest BCUT2D eigenvalue weighted by molar-refractivity contribution is -0.151. The van der Waals surface area contributed by atoms with Gasteiger partial charge in [0.2, 0.25) is 0 Å². The first-order chi connectivity index (χ1) is 8.72. The van der Waals surface area contributed by atoms with E-state index in [1.807, 2.05) is 31.2 Å². The molecule has 0 radical (unpaired) electrons. The molecule has 1 fully saturated rings. The maximum Gasteiger partial charge on any atom is 0.306 e. The molecule has 98 valence electrons. The SMILES string of the molecule is CCOC(=O)CC1(c2ccccc2OC)COC1. The molecule has 4 heteroatoms. The third-order valence-electron chi connectivity index (χ3n) is 3.22. The molecular formula is C14H18O4. The fraction of sp³-hybridized carbons (Fsp3) is 0.500. The summed E-state index contributed by atoms with van der Waals surface area (Å²) in [5, 5.41) is 0. The quantitative estimate of drug-likeness (QED) is 0.749. The molecule has 0 atom stereocenters. The molecule has 0 saturated carbocycles. The van der Waals surface area contributed by atoms with Gasteiger partial charge in [0.05, 0.1) is 38.8 Å². The first kappa shape index (κ1) is 12.9. The van der Waals surface area contributed by atoms with Crippen LogP contribution in [0.5, 0.6) is 5.75 Å². The Kier molecular flexibility index (Phi) is 3.87. The Morgan fingerprint density at radius 1 is 1.39 bits per heavy atom. The molecule has 2 rings (SSSR count). The number of hydrogen-bond donors (Lipinski definition) is 0. The minimum Gasteiger partial charge on any atom is -0.496 e. The van der Waals surface area contributed by atoms with Crippen LogP contribution in [-0.2, 0) is 19.7 Å². The first-order valence-electron chi connectivity index (χ1n) is 6.09. The number of rotatable bonds is 5. The van der Waals surface area contributed by atoms with E-state index in [4.69, 9.17) is 14.2 Å². The summed E-state index contributed by atoms with van der Waals surface area (Å²) < 4.78 is 15.7. The summed E-state index contributed by atoms with van der Waals surface area (Å²) in [4.78, 5) is 11.7.